The molecule has 0 amide bonds. The Morgan fingerprint density at radius 1 is 1.03 bits per heavy atom. The van der Waals surface area contributed by atoms with E-state index in [1.54, 1.807) is 48.7 Å². The fourth-order valence-electron chi connectivity index (χ4n) is 4.07. The van der Waals surface area contributed by atoms with Gasteiger partial charge in [-0.15, -0.1) is 0 Å². The summed E-state index contributed by atoms with van der Waals surface area (Å²) in [5.74, 6) is -0.777. The normalized spacial score (nSPS) is 15.1. The van der Waals surface area contributed by atoms with Crippen molar-refractivity contribution in [3.05, 3.63) is 76.7 Å². The molecule has 0 radical (unpaired) electrons. The van der Waals surface area contributed by atoms with Gasteiger partial charge < -0.3 is 10.3 Å². The first-order chi connectivity index (χ1) is 15.3. The van der Waals surface area contributed by atoms with Crippen molar-refractivity contribution in [2.24, 2.45) is 5.41 Å². The van der Waals surface area contributed by atoms with Gasteiger partial charge in [0.15, 0.2) is 5.78 Å². The lowest BCUT2D eigenvalue weighted by molar-refractivity contribution is -0.190. The maximum atomic E-state index is 13.2. The third-order valence-corrected chi connectivity index (χ3v) is 6.05. The zero-order valence-electron chi connectivity index (χ0n) is 16.8. The second kappa shape index (κ2) is 7.19. The first-order valence-electron chi connectivity index (χ1n) is 10.1. The van der Waals surface area contributed by atoms with Gasteiger partial charge in [-0.05, 0) is 42.7 Å². The number of alkyl halides is 3. The van der Waals surface area contributed by atoms with E-state index >= 15 is 0 Å². The van der Waals surface area contributed by atoms with Crippen LogP contribution in [0.5, 0.6) is 0 Å². The molecular weight excluding hydrogens is 419 g/mol. The van der Waals surface area contributed by atoms with E-state index in [9.17, 15) is 22.8 Å². The van der Waals surface area contributed by atoms with Gasteiger partial charge in [-0.2, -0.15) is 13.2 Å². The number of ketones is 1. The molecule has 0 spiro atoms. The van der Waals surface area contributed by atoms with Gasteiger partial charge in [-0.1, -0.05) is 30.3 Å². The van der Waals surface area contributed by atoms with E-state index in [1.165, 1.54) is 0 Å². The van der Waals surface area contributed by atoms with Gasteiger partial charge >= 0.3 is 6.18 Å². The number of fused-ring (bicyclic) bond motifs is 3. The number of anilines is 2. The maximum absolute atomic E-state index is 13.2. The lowest BCUT2D eigenvalue weighted by Gasteiger charge is -2.18. The van der Waals surface area contributed by atoms with E-state index < -0.39 is 17.4 Å². The van der Waals surface area contributed by atoms with Crippen LogP contribution in [-0.4, -0.2) is 21.9 Å². The molecule has 5 nitrogen and oxygen atoms in total. The number of carbonyl (C=O) groups excluding carboxylic acids is 1. The largest absolute Gasteiger partial charge is 0.401 e. The predicted molar refractivity (Wildman–Crippen MR) is 116 cm³/mol. The summed E-state index contributed by atoms with van der Waals surface area (Å²) in [4.78, 5) is 31.6. The molecule has 1 saturated carbocycles. The Morgan fingerprint density at radius 3 is 2.38 bits per heavy atom. The zero-order chi connectivity index (χ0) is 22.5. The van der Waals surface area contributed by atoms with Crippen molar-refractivity contribution in [1.29, 1.82) is 0 Å². The first kappa shape index (κ1) is 20.2. The van der Waals surface area contributed by atoms with Crippen LogP contribution in [0.25, 0.3) is 21.8 Å². The van der Waals surface area contributed by atoms with Crippen molar-refractivity contribution in [3.63, 3.8) is 0 Å². The number of rotatable bonds is 5. The summed E-state index contributed by atoms with van der Waals surface area (Å²) in [6.45, 7) is 0. The summed E-state index contributed by atoms with van der Waals surface area (Å²) in [6.07, 6.45) is -3.41. The molecule has 2 heterocycles. The predicted octanol–water partition coefficient (Wildman–Crippen LogP) is 5.27. The van der Waals surface area contributed by atoms with Crippen molar-refractivity contribution in [3.8, 4) is 0 Å². The van der Waals surface area contributed by atoms with E-state index in [2.05, 4.69) is 15.3 Å². The smallest absolute Gasteiger partial charge is 0.355 e. The molecule has 0 unspecified atom stereocenters. The molecule has 0 bridgehead atoms. The fraction of sp³-hybridized carbons (Fsp3) is 0.208. The monoisotopic (exact) mass is 437 g/mol. The quantitative estimate of drug-likeness (QED) is 0.417. The van der Waals surface area contributed by atoms with E-state index in [0.29, 0.717) is 22.3 Å². The lowest BCUT2D eigenvalue weighted by Crippen LogP contribution is -2.33. The van der Waals surface area contributed by atoms with Crippen molar-refractivity contribution in [1.82, 2.24) is 9.97 Å². The highest BCUT2D eigenvalue weighted by Gasteiger charge is 2.67. The summed E-state index contributed by atoms with van der Waals surface area (Å²) < 4.78 is 39.5. The number of aromatic nitrogens is 2. The van der Waals surface area contributed by atoms with Crippen LogP contribution in [0.2, 0.25) is 0 Å². The molecule has 1 aliphatic carbocycles. The molecule has 1 fully saturated rings. The number of nitrogens with one attached hydrogen (secondary N) is 2. The minimum absolute atomic E-state index is 0.125. The van der Waals surface area contributed by atoms with Crippen LogP contribution in [0, 0.1) is 5.41 Å². The molecule has 0 saturated heterocycles. The van der Waals surface area contributed by atoms with Crippen LogP contribution in [0.4, 0.5) is 24.5 Å². The number of halogens is 3. The third-order valence-electron chi connectivity index (χ3n) is 6.05. The van der Waals surface area contributed by atoms with Crippen molar-refractivity contribution >= 4 is 39.0 Å². The molecule has 8 heteroatoms. The number of aromatic amines is 1. The summed E-state index contributed by atoms with van der Waals surface area (Å²) in [7, 11) is 0. The van der Waals surface area contributed by atoms with Gasteiger partial charge in [-0.3, -0.25) is 9.59 Å². The van der Waals surface area contributed by atoms with Gasteiger partial charge in [0, 0.05) is 34.5 Å². The van der Waals surface area contributed by atoms with Crippen LogP contribution in [0.1, 0.15) is 18.4 Å². The van der Waals surface area contributed by atoms with E-state index in [-0.39, 0.29) is 24.8 Å². The van der Waals surface area contributed by atoms with E-state index in [1.807, 2.05) is 12.1 Å². The Kier molecular flexibility index (Phi) is 4.54. The van der Waals surface area contributed by atoms with Gasteiger partial charge in [0.2, 0.25) is 0 Å². The van der Waals surface area contributed by atoms with Crippen molar-refractivity contribution in [2.45, 2.75) is 25.4 Å². The number of nitrogens with zero attached hydrogens (tertiary/aromatic N) is 1. The average Bonchev–Trinajstić information content (AvgIpc) is 3.58. The molecule has 0 aliphatic heterocycles. The number of H-pyrrole nitrogens is 1. The third kappa shape index (κ3) is 3.32. The molecule has 1 aliphatic rings. The Morgan fingerprint density at radius 2 is 1.72 bits per heavy atom. The van der Waals surface area contributed by atoms with Crippen LogP contribution < -0.4 is 10.9 Å². The first-order valence-corrected chi connectivity index (χ1v) is 10.1. The Labute approximate surface area is 180 Å². The summed E-state index contributed by atoms with van der Waals surface area (Å²) in [6, 6.07) is 15.7. The minimum Gasteiger partial charge on any atom is -0.355 e. The summed E-state index contributed by atoms with van der Waals surface area (Å²) in [5.41, 5.74) is 0.0196. The zero-order valence-corrected chi connectivity index (χ0v) is 16.8. The topological polar surface area (TPSA) is 74.8 Å². The van der Waals surface area contributed by atoms with Crippen LogP contribution >= 0.6 is 0 Å². The number of Topliss-reactive ketones (excluding diaryl/α,β-unsaturated/α-hetero) is 1. The van der Waals surface area contributed by atoms with E-state index in [0.717, 1.165) is 16.5 Å². The molecule has 2 aromatic heterocycles. The second-order valence-electron chi connectivity index (χ2n) is 8.08. The van der Waals surface area contributed by atoms with Gasteiger partial charge in [0.1, 0.15) is 11.1 Å². The average molecular weight is 437 g/mol. The Bertz CT molecular complexity index is 1400. The number of hydrogen-bond donors (Lipinski definition) is 2. The van der Waals surface area contributed by atoms with Crippen LogP contribution in [0.3, 0.4) is 0 Å². The van der Waals surface area contributed by atoms with Gasteiger partial charge in [0.05, 0.1) is 5.69 Å². The van der Waals surface area contributed by atoms with Crippen molar-refractivity contribution in [2.75, 3.05) is 5.32 Å². The molecular formula is C24H18F3N3O2. The number of pyridine rings is 2. The standard InChI is InChI=1S/C24H18F3N3O2/c25-24(26,27)23(10-11-23)19(31)13-14-5-7-15(8-6-14)29-18-9-12-28-21-20(18)16-3-1-2-4-17(16)22(32)30-21/h1-9,12H,10-11,13H2,(H2,28,29,30,32). The molecule has 162 valence electrons. The van der Waals surface area contributed by atoms with Crippen LogP contribution in [0.15, 0.2) is 65.6 Å². The maximum Gasteiger partial charge on any atom is 0.401 e. The highest BCUT2D eigenvalue weighted by molar-refractivity contribution is 6.10. The molecule has 2 N–H and O–H groups in total. The SMILES string of the molecule is O=C(Cc1ccc(Nc2ccnc3[nH]c(=O)c4ccccc4c23)cc1)C1(C(F)(F)F)CC1. The fourth-order valence-corrected chi connectivity index (χ4v) is 4.07. The Hall–Kier alpha value is -3.68. The van der Waals surface area contributed by atoms with Crippen molar-refractivity contribution < 1.29 is 18.0 Å². The highest BCUT2D eigenvalue weighted by atomic mass is 19.4. The summed E-state index contributed by atoms with van der Waals surface area (Å²) >= 11 is 0. The Balaban J connectivity index is 1.43. The lowest BCUT2D eigenvalue weighted by atomic mass is 9.94. The molecule has 0 atom stereocenters. The highest BCUT2D eigenvalue weighted by Crippen LogP contribution is 2.58. The second-order valence-corrected chi connectivity index (χ2v) is 8.08. The minimum atomic E-state index is -4.49. The van der Waals surface area contributed by atoms with E-state index in [4.69, 9.17) is 0 Å². The number of hydrogen-bond acceptors (Lipinski definition) is 4. The van der Waals surface area contributed by atoms with Gasteiger partial charge in [0.25, 0.3) is 5.56 Å². The molecule has 4 aromatic rings. The molecule has 2 aromatic carbocycles. The summed E-state index contributed by atoms with van der Waals surface area (Å²) in [5, 5.41) is 5.33. The molecule has 32 heavy (non-hydrogen) atoms. The van der Waals surface area contributed by atoms with Crippen LogP contribution in [-0.2, 0) is 11.2 Å². The molecule has 5 rings (SSSR count). The van der Waals surface area contributed by atoms with Gasteiger partial charge in [-0.25, -0.2) is 4.98 Å². The number of benzene rings is 2. The number of carbonyl (C=O) groups is 1.